The molecule has 7 nitrogen and oxygen atoms in total. The van der Waals surface area contributed by atoms with E-state index in [0.717, 1.165) is 0 Å². The van der Waals surface area contributed by atoms with Gasteiger partial charge in [0, 0.05) is 25.0 Å². The van der Waals surface area contributed by atoms with Gasteiger partial charge < -0.3 is 5.32 Å². The summed E-state index contributed by atoms with van der Waals surface area (Å²) in [5.74, 6) is 0.699. The highest BCUT2D eigenvalue weighted by molar-refractivity contribution is 5.92. The van der Waals surface area contributed by atoms with E-state index in [2.05, 4.69) is 25.5 Å². The lowest BCUT2D eigenvalue weighted by Gasteiger charge is -2.21. The fraction of sp³-hybridized carbons (Fsp3) is 0.300. The summed E-state index contributed by atoms with van der Waals surface area (Å²) in [5, 5.41) is 10.7. The lowest BCUT2D eigenvalue weighted by Crippen LogP contribution is -2.42. The van der Waals surface area contributed by atoms with Crippen molar-refractivity contribution in [1.29, 1.82) is 0 Å². The standard InChI is InChI=1S/C10H10N6O/c1-6-5-16-8(7-4-11-2-3-12-7)14-15-9(16)10(17)13-6/h2-4,6H,5H2,1H3,(H,13,17)/t6-/m0/s1. The molecule has 1 N–H and O–H groups in total. The number of nitrogens with one attached hydrogen (secondary N) is 1. The first-order chi connectivity index (χ1) is 8.25. The molecule has 1 atom stereocenters. The number of amides is 1. The third-order valence-electron chi connectivity index (χ3n) is 2.58. The Bertz CT molecular complexity index is 563. The number of nitrogens with zero attached hydrogens (tertiary/aromatic N) is 5. The molecule has 0 aromatic carbocycles. The zero-order valence-electron chi connectivity index (χ0n) is 9.16. The molecule has 0 radical (unpaired) electrons. The van der Waals surface area contributed by atoms with Gasteiger partial charge in [0.05, 0.1) is 6.20 Å². The van der Waals surface area contributed by atoms with Crippen LogP contribution in [0.3, 0.4) is 0 Å². The van der Waals surface area contributed by atoms with Crippen LogP contribution in [-0.4, -0.2) is 36.7 Å². The summed E-state index contributed by atoms with van der Waals surface area (Å²) in [6, 6.07) is 0.0569. The van der Waals surface area contributed by atoms with Crippen molar-refractivity contribution in [2.75, 3.05) is 0 Å². The van der Waals surface area contributed by atoms with Gasteiger partial charge in [-0.05, 0) is 6.92 Å². The number of carbonyl (C=O) groups is 1. The summed E-state index contributed by atoms with van der Waals surface area (Å²) in [7, 11) is 0. The molecular weight excluding hydrogens is 220 g/mol. The zero-order chi connectivity index (χ0) is 11.8. The topological polar surface area (TPSA) is 85.6 Å². The zero-order valence-corrected chi connectivity index (χ0v) is 9.16. The van der Waals surface area contributed by atoms with Gasteiger partial charge in [0.1, 0.15) is 5.69 Å². The van der Waals surface area contributed by atoms with Gasteiger partial charge in [0.15, 0.2) is 5.82 Å². The first-order valence-corrected chi connectivity index (χ1v) is 5.26. The minimum Gasteiger partial charge on any atom is -0.345 e. The monoisotopic (exact) mass is 230 g/mol. The SMILES string of the molecule is C[C@H]1Cn2c(nnc2-c2cnccn2)C(=O)N1. The van der Waals surface area contributed by atoms with E-state index in [4.69, 9.17) is 0 Å². The van der Waals surface area contributed by atoms with Crippen molar-refractivity contribution < 1.29 is 4.79 Å². The molecule has 1 aliphatic heterocycles. The predicted octanol–water partition coefficient (Wildman–Crippen LogP) is -0.133. The molecule has 0 unspecified atom stereocenters. The lowest BCUT2D eigenvalue weighted by molar-refractivity contribution is 0.0900. The fourth-order valence-electron chi connectivity index (χ4n) is 1.86. The molecule has 3 heterocycles. The van der Waals surface area contributed by atoms with Gasteiger partial charge in [-0.3, -0.25) is 14.3 Å². The maximum absolute atomic E-state index is 11.7. The summed E-state index contributed by atoms with van der Waals surface area (Å²) in [4.78, 5) is 19.8. The van der Waals surface area contributed by atoms with Gasteiger partial charge >= 0.3 is 0 Å². The van der Waals surface area contributed by atoms with Gasteiger partial charge in [0.25, 0.3) is 5.91 Å². The number of aromatic nitrogens is 5. The maximum Gasteiger partial charge on any atom is 0.289 e. The molecule has 0 aliphatic carbocycles. The Morgan fingerprint density at radius 1 is 1.35 bits per heavy atom. The van der Waals surface area contributed by atoms with Crippen LogP contribution in [0.4, 0.5) is 0 Å². The average Bonchev–Trinajstić information content (AvgIpc) is 2.74. The second-order valence-electron chi connectivity index (χ2n) is 3.92. The molecule has 0 saturated heterocycles. The highest BCUT2D eigenvalue weighted by Crippen LogP contribution is 2.17. The van der Waals surface area contributed by atoms with E-state index in [1.807, 2.05) is 6.92 Å². The average molecular weight is 230 g/mol. The first kappa shape index (κ1) is 9.88. The van der Waals surface area contributed by atoms with E-state index in [9.17, 15) is 4.79 Å². The van der Waals surface area contributed by atoms with E-state index in [1.165, 1.54) is 0 Å². The van der Waals surface area contributed by atoms with Crippen LogP contribution in [-0.2, 0) is 6.54 Å². The molecule has 2 aromatic rings. The van der Waals surface area contributed by atoms with Crippen molar-refractivity contribution >= 4 is 5.91 Å². The van der Waals surface area contributed by atoms with Crippen LogP contribution < -0.4 is 5.32 Å². The van der Waals surface area contributed by atoms with Crippen molar-refractivity contribution in [2.24, 2.45) is 0 Å². The largest absolute Gasteiger partial charge is 0.345 e. The van der Waals surface area contributed by atoms with E-state index < -0.39 is 0 Å². The normalized spacial score (nSPS) is 18.6. The highest BCUT2D eigenvalue weighted by Gasteiger charge is 2.27. The molecule has 0 spiro atoms. The van der Waals surface area contributed by atoms with Crippen LogP contribution in [0.1, 0.15) is 17.5 Å². The van der Waals surface area contributed by atoms with Crippen LogP contribution >= 0.6 is 0 Å². The van der Waals surface area contributed by atoms with E-state index in [1.54, 1.807) is 23.2 Å². The quantitative estimate of drug-likeness (QED) is 0.737. The van der Waals surface area contributed by atoms with Crippen molar-refractivity contribution in [2.45, 2.75) is 19.5 Å². The summed E-state index contributed by atoms with van der Waals surface area (Å²) in [6.07, 6.45) is 4.78. The molecule has 0 saturated carbocycles. The Hall–Kier alpha value is -2.31. The Balaban J connectivity index is 2.12. The maximum atomic E-state index is 11.7. The number of fused-ring (bicyclic) bond motifs is 1. The third-order valence-corrected chi connectivity index (χ3v) is 2.58. The van der Waals surface area contributed by atoms with Gasteiger partial charge in [-0.15, -0.1) is 10.2 Å². The van der Waals surface area contributed by atoms with Crippen molar-refractivity contribution in [1.82, 2.24) is 30.0 Å². The molecule has 86 valence electrons. The van der Waals surface area contributed by atoms with Gasteiger partial charge in [-0.1, -0.05) is 0 Å². The van der Waals surface area contributed by atoms with Crippen LogP contribution in [0.15, 0.2) is 18.6 Å². The summed E-state index contributed by atoms with van der Waals surface area (Å²) >= 11 is 0. The number of carbonyl (C=O) groups excluding carboxylic acids is 1. The predicted molar refractivity (Wildman–Crippen MR) is 58.0 cm³/mol. The molecule has 1 amide bonds. The molecule has 3 rings (SSSR count). The van der Waals surface area contributed by atoms with E-state index >= 15 is 0 Å². The Morgan fingerprint density at radius 2 is 2.18 bits per heavy atom. The lowest BCUT2D eigenvalue weighted by atomic mass is 10.2. The third kappa shape index (κ3) is 1.55. The van der Waals surface area contributed by atoms with Crippen LogP contribution in [0.25, 0.3) is 11.5 Å². The van der Waals surface area contributed by atoms with Crippen LogP contribution in [0.2, 0.25) is 0 Å². The molecule has 17 heavy (non-hydrogen) atoms. The second-order valence-corrected chi connectivity index (χ2v) is 3.92. The Kier molecular flexibility index (Phi) is 2.10. The Labute approximate surface area is 96.9 Å². The minimum absolute atomic E-state index is 0.0569. The van der Waals surface area contributed by atoms with Crippen LogP contribution in [0.5, 0.6) is 0 Å². The summed E-state index contributed by atoms with van der Waals surface area (Å²) in [6.45, 7) is 2.57. The second kappa shape index (κ2) is 3.62. The van der Waals surface area contributed by atoms with Gasteiger partial charge in [-0.2, -0.15) is 0 Å². The number of hydrogen-bond acceptors (Lipinski definition) is 5. The number of rotatable bonds is 1. The smallest absolute Gasteiger partial charge is 0.289 e. The van der Waals surface area contributed by atoms with Crippen molar-refractivity contribution in [3.8, 4) is 11.5 Å². The van der Waals surface area contributed by atoms with Gasteiger partial charge in [-0.25, -0.2) is 4.98 Å². The van der Waals surface area contributed by atoms with Gasteiger partial charge in [0.2, 0.25) is 5.82 Å². The van der Waals surface area contributed by atoms with E-state index in [0.29, 0.717) is 23.9 Å². The fourth-order valence-corrected chi connectivity index (χ4v) is 1.86. The minimum atomic E-state index is -0.202. The molecule has 2 aromatic heterocycles. The number of hydrogen-bond donors (Lipinski definition) is 1. The molecule has 0 bridgehead atoms. The summed E-state index contributed by atoms with van der Waals surface area (Å²) in [5.41, 5.74) is 0.619. The van der Waals surface area contributed by atoms with E-state index in [-0.39, 0.29) is 11.9 Å². The first-order valence-electron chi connectivity index (χ1n) is 5.26. The Morgan fingerprint density at radius 3 is 2.94 bits per heavy atom. The molecule has 1 aliphatic rings. The molecular formula is C10H10N6O. The molecule has 0 fully saturated rings. The molecule has 7 heteroatoms. The highest BCUT2D eigenvalue weighted by atomic mass is 16.2. The van der Waals surface area contributed by atoms with Crippen LogP contribution in [0, 0.1) is 0 Å². The summed E-state index contributed by atoms with van der Waals surface area (Å²) < 4.78 is 1.77. The van der Waals surface area contributed by atoms with Crippen molar-refractivity contribution in [3.05, 3.63) is 24.4 Å². The van der Waals surface area contributed by atoms with Crippen molar-refractivity contribution in [3.63, 3.8) is 0 Å².